The zero-order valence-corrected chi connectivity index (χ0v) is 13.7. The fourth-order valence-corrected chi connectivity index (χ4v) is 5.05. The van der Waals surface area contributed by atoms with E-state index in [2.05, 4.69) is 24.3 Å². The monoisotopic (exact) mass is 320 g/mol. The highest BCUT2D eigenvalue weighted by atomic mass is 32.1. The molecule has 2 aliphatic rings. The zero-order valence-electron chi connectivity index (χ0n) is 12.8. The lowest BCUT2D eigenvalue weighted by atomic mass is 9.54. The highest BCUT2D eigenvalue weighted by Gasteiger charge is 2.57. The van der Waals surface area contributed by atoms with E-state index in [1.165, 1.54) is 0 Å². The first-order chi connectivity index (χ1) is 11.1. The highest BCUT2D eigenvalue weighted by Crippen LogP contribution is 2.56. The van der Waals surface area contributed by atoms with E-state index in [1.807, 2.05) is 19.1 Å². The fourth-order valence-electron chi connectivity index (χ4n) is 3.94. The predicted molar refractivity (Wildman–Crippen MR) is 87.7 cm³/mol. The SMILES string of the molecule is Cc1ccc([C@@H]2[C@@H]3CCCC=C3[C@@H](C#N)C(=N)C2(C#N)C#N)s1. The third-order valence-electron chi connectivity index (χ3n) is 4.99. The number of rotatable bonds is 1. The molecule has 3 rings (SSSR count). The van der Waals surface area contributed by atoms with Crippen LogP contribution in [0.3, 0.4) is 0 Å². The molecule has 2 aliphatic carbocycles. The van der Waals surface area contributed by atoms with Gasteiger partial charge in [-0.25, -0.2) is 0 Å². The van der Waals surface area contributed by atoms with Crippen molar-refractivity contribution in [1.29, 1.82) is 21.2 Å². The Bertz CT molecular complexity index is 797. The number of nitrogens with one attached hydrogen (secondary N) is 1. The average Bonchev–Trinajstić information content (AvgIpc) is 3.00. The van der Waals surface area contributed by atoms with Crippen molar-refractivity contribution < 1.29 is 0 Å². The van der Waals surface area contributed by atoms with Crippen molar-refractivity contribution in [3.05, 3.63) is 33.5 Å². The Morgan fingerprint density at radius 3 is 2.57 bits per heavy atom. The summed E-state index contributed by atoms with van der Waals surface area (Å²) in [4.78, 5) is 2.10. The van der Waals surface area contributed by atoms with Gasteiger partial charge in [-0.1, -0.05) is 6.08 Å². The van der Waals surface area contributed by atoms with Crippen LogP contribution >= 0.6 is 11.3 Å². The number of nitriles is 3. The molecule has 1 heterocycles. The molecule has 0 aromatic carbocycles. The summed E-state index contributed by atoms with van der Waals surface area (Å²) in [6.07, 6.45) is 4.82. The van der Waals surface area contributed by atoms with Crippen molar-refractivity contribution in [2.75, 3.05) is 0 Å². The van der Waals surface area contributed by atoms with Crippen LogP contribution in [-0.4, -0.2) is 5.71 Å². The van der Waals surface area contributed by atoms with Gasteiger partial charge in [0.15, 0.2) is 5.41 Å². The standard InChI is InChI=1S/C18H16N4S/c1-11-6-7-15(23-11)16-13-5-3-2-4-12(13)14(8-19)17(22)18(16,9-20)10-21/h4,6-7,13-14,16,22H,2-3,5H2,1H3/t13-,14-,16+/m1/s1. The minimum atomic E-state index is -1.54. The molecule has 0 unspecified atom stereocenters. The normalized spacial score (nSPS) is 28.7. The van der Waals surface area contributed by atoms with Gasteiger partial charge in [-0.3, -0.25) is 0 Å². The van der Waals surface area contributed by atoms with Gasteiger partial charge < -0.3 is 5.41 Å². The minimum Gasteiger partial charge on any atom is -0.305 e. The van der Waals surface area contributed by atoms with E-state index in [4.69, 9.17) is 5.41 Å². The van der Waals surface area contributed by atoms with Crippen molar-refractivity contribution in [2.24, 2.45) is 17.3 Å². The number of allylic oxidation sites excluding steroid dienone is 2. The van der Waals surface area contributed by atoms with E-state index in [0.717, 1.165) is 34.6 Å². The van der Waals surface area contributed by atoms with Crippen LogP contribution in [0.4, 0.5) is 0 Å². The Morgan fingerprint density at radius 1 is 1.26 bits per heavy atom. The number of fused-ring (bicyclic) bond motifs is 1. The van der Waals surface area contributed by atoms with Gasteiger partial charge in [-0.2, -0.15) is 15.8 Å². The summed E-state index contributed by atoms with van der Waals surface area (Å²) in [5.74, 6) is -1.09. The van der Waals surface area contributed by atoms with Gasteiger partial charge in [0, 0.05) is 15.7 Å². The second-order valence-corrected chi connectivity index (χ2v) is 7.49. The molecule has 0 bridgehead atoms. The molecule has 4 nitrogen and oxygen atoms in total. The molecule has 23 heavy (non-hydrogen) atoms. The van der Waals surface area contributed by atoms with E-state index < -0.39 is 11.3 Å². The second-order valence-electron chi connectivity index (χ2n) is 6.18. The van der Waals surface area contributed by atoms with Crippen LogP contribution in [0.5, 0.6) is 0 Å². The maximum Gasteiger partial charge on any atom is 0.190 e. The van der Waals surface area contributed by atoms with Crippen molar-refractivity contribution >= 4 is 17.0 Å². The highest BCUT2D eigenvalue weighted by molar-refractivity contribution is 7.12. The quantitative estimate of drug-likeness (QED) is 0.790. The molecular formula is C18H16N4S. The first kappa shape index (κ1) is 15.5. The molecular weight excluding hydrogens is 304 g/mol. The number of hydrogen-bond donors (Lipinski definition) is 1. The molecule has 1 aromatic rings. The number of thiophene rings is 1. The number of aryl methyl sites for hydroxylation is 1. The van der Waals surface area contributed by atoms with Crippen LogP contribution in [-0.2, 0) is 0 Å². The van der Waals surface area contributed by atoms with Gasteiger partial charge in [-0.15, -0.1) is 11.3 Å². The summed E-state index contributed by atoms with van der Waals surface area (Å²) < 4.78 is 0. The van der Waals surface area contributed by atoms with Crippen LogP contribution in [0.15, 0.2) is 23.8 Å². The van der Waals surface area contributed by atoms with Crippen LogP contribution in [0.2, 0.25) is 0 Å². The molecule has 1 saturated carbocycles. The Balaban J connectivity index is 2.25. The Kier molecular flexibility index (Phi) is 3.80. The van der Waals surface area contributed by atoms with Crippen molar-refractivity contribution in [2.45, 2.75) is 32.1 Å². The molecule has 0 spiro atoms. The summed E-state index contributed by atoms with van der Waals surface area (Å²) in [5.41, 5.74) is -0.650. The van der Waals surface area contributed by atoms with Crippen molar-refractivity contribution in [1.82, 2.24) is 0 Å². The van der Waals surface area contributed by atoms with Gasteiger partial charge in [0.05, 0.1) is 23.9 Å². The molecule has 1 aromatic heterocycles. The van der Waals surface area contributed by atoms with Gasteiger partial charge >= 0.3 is 0 Å². The van der Waals surface area contributed by atoms with Crippen molar-refractivity contribution in [3.8, 4) is 18.2 Å². The minimum absolute atomic E-state index is 0.000139. The Labute approximate surface area is 139 Å². The Morgan fingerprint density at radius 2 is 2.00 bits per heavy atom. The lowest BCUT2D eigenvalue weighted by molar-refractivity contribution is 0.324. The van der Waals surface area contributed by atoms with E-state index in [0.29, 0.717) is 0 Å². The summed E-state index contributed by atoms with van der Waals surface area (Å²) in [5, 5.41) is 37.6. The van der Waals surface area contributed by atoms with Crippen LogP contribution in [0.25, 0.3) is 0 Å². The predicted octanol–water partition coefficient (Wildman–Crippen LogP) is 4.07. The first-order valence-corrected chi connectivity index (χ1v) is 8.48. The average molecular weight is 320 g/mol. The topological polar surface area (TPSA) is 95.2 Å². The molecule has 0 aliphatic heterocycles. The Hall–Kier alpha value is -2.42. The van der Waals surface area contributed by atoms with E-state index >= 15 is 0 Å². The first-order valence-electron chi connectivity index (χ1n) is 7.66. The lowest BCUT2D eigenvalue weighted by Gasteiger charge is -2.45. The van der Waals surface area contributed by atoms with Crippen LogP contribution in [0, 0.1) is 63.6 Å². The van der Waals surface area contributed by atoms with Crippen molar-refractivity contribution in [3.63, 3.8) is 0 Å². The van der Waals surface area contributed by atoms with Crippen LogP contribution < -0.4 is 0 Å². The summed E-state index contributed by atoms with van der Waals surface area (Å²) in [6, 6.07) is 10.4. The second kappa shape index (κ2) is 5.65. The van der Waals surface area contributed by atoms with E-state index in [-0.39, 0.29) is 17.5 Å². The lowest BCUT2D eigenvalue weighted by Crippen LogP contribution is -2.48. The molecule has 0 amide bonds. The largest absolute Gasteiger partial charge is 0.305 e. The summed E-state index contributed by atoms with van der Waals surface area (Å²) >= 11 is 1.58. The van der Waals surface area contributed by atoms with E-state index in [1.54, 1.807) is 11.3 Å². The summed E-state index contributed by atoms with van der Waals surface area (Å²) in [6.45, 7) is 2.00. The number of nitrogens with zero attached hydrogens (tertiary/aromatic N) is 3. The molecule has 114 valence electrons. The van der Waals surface area contributed by atoms with Gasteiger partial charge in [-0.05, 0) is 49.8 Å². The molecule has 3 atom stereocenters. The van der Waals surface area contributed by atoms with Crippen LogP contribution in [0.1, 0.15) is 34.9 Å². The third kappa shape index (κ3) is 2.11. The zero-order chi connectivity index (χ0) is 16.6. The molecule has 5 heteroatoms. The van der Waals surface area contributed by atoms with Gasteiger partial charge in [0.25, 0.3) is 0 Å². The van der Waals surface area contributed by atoms with E-state index in [9.17, 15) is 15.8 Å². The molecule has 0 radical (unpaired) electrons. The maximum absolute atomic E-state index is 9.82. The summed E-state index contributed by atoms with van der Waals surface area (Å²) in [7, 11) is 0. The molecule has 1 fully saturated rings. The maximum atomic E-state index is 9.82. The number of hydrogen-bond acceptors (Lipinski definition) is 5. The smallest absolute Gasteiger partial charge is 0.190 e. The third-order valence-corrected chi connectivity index (χ3v) is 6.08. The van der Waals surface area contributed by atoms with Gasteiger partial charge in [0.2, 0.25) is 0 Å². The molecule has 0 saturated heterocycles. The van der Waals surface area contributed by atoms with Gasteiger partial charge in [0.1, 0.15) is 5.92 Å². The molecule has 1 N–H and O–H groups in total. The fraction of sp³-hybridized carbons (Fsp3) is 0.444.